The molecule has 0 aliphatic carbocycles. The number of hydrogen-bond donors (Lipinski definition) is 0. The monoisotopic (exact) mass is 289 g/mol. The third-order valence-electron chi connectivity index (χ3n) is 1.75. The van der Waals surface area contributed by atoms with Gasteiger partial charge >= 0.3 is 0 Å². The van der Waals surface area contributed by atoms with Crippen molar-refractivity contribution in [1.82, 2.24) is 0 Å². The number of benzene rings is 1. The van der Waals surface area contributed by atoms with Crippen molar-refractivity contribution in [2.75, 3.05) is 6.61 Å². The zero-order valence-corrected chi connectivity index (χ0v) is 10.0. The average molecular weight is 289 g/mol. The van der Waals surface area contributed by atoms with Gasteiger partial charge in [-0.2, -0.15) is 0 Å². The van der Waals surface area contributed by atoms with E-state index in [2.05, 4.69) is 36.4 Å². The van der Waals surface area contributed by atoms with E-state index in [0.29, 0.717) is 0 Å². The van der Waals surface area contributed by atoms with Crippen molar-refractivity contribution in [3.8, 4) is 5.75 Å². The fourth-order valence-electron chi connectivity index (χ4n) is 0.985. The summed E-state index contributed by atoms with van der Waals surface area (Å²) in [5.74, 6) is 0.960. The molecule has 0 amide bonds. The number of unbranched alkanes of at least 4 members (excludes halogenated alkanes) is 1. The van der Waals surface area contributed by atoms with Crippen LogP contribution >= 0.6 is 22.6 Å². The first-order valence-electron chi connectivity index (χ1n) is 4.48. The van der Waals surface area contributed by atoms with Crippen LogP contribution in [0.15, 0.2) is 18.2 Å². The van der Waals surface area contributed by atoms with Crippen LogP contribution in [0.5, 0.6) is 5.75 Å². The van der Waals surface area contributed by atoms with Crippen LogP contribution in [-0.4, -0.2) is 6.61 Å². The largest absolute Gasteiger partial charge is 0.492 e. The molecule has 0 atom stereocenters. The van der Waals surface area contributed by atoms with Crippen LogP contribution in [0, 0.1) is 10.5 Å². The molecule has 0 saturated heterocycles. The Hall–Kier alpha value is -0.250. The van der Waals surface area contributed by atoms with Crippen LogP contribution in [0.3, 0.4) is 0 Å². The lowest BCUT2D eigenvalue weighted by molar-refractivity contribution is 0.307. The SMILES string of the molecule is [CH2]c1ccc(I)c(OCCCC)c1. The highest BCUT2D eigenvalue weighted by atomic mass is 127. The average Bonchev–Trinajstić information content (AvgIpc) is 2.11. The van der Waals surface area contributed by atoms with Crippen molar-refractivity contribution in [3.63, 3.8) is 0 Å². The summed E-state index contributed by atoms with van der Waals surface area (Å²) in [6, 6.07) is 6.01. The van der Waals surface area contributed by atoms with E-state index in [9.17, 15) is 0 Å². The summed E-state index contributed by atoms with van der Waals surface area (Å²) < 4.78 is 6.76. The number of hydrogen-bond acceptors (Lipinski definition) is 1. The Morgan fingerprint density at radius 3 is 2.92 bits per heavy atom. The zero-order valence-electron chi connectivity index (χ0n) is 7.85. The lowest BCUT2D eigenvalue weighted by atomic mass is 10.2. The summed E-state index contributed by atoms with van der Waals surface area (Å²) in [6.45, 7) is 6.83. The van der Waals surface area contributed by atoms with Gasteiger partial charge in [-0.3, -0.25) is 0 Å². The van der Waals surface area contributed by atoms with Crippen LogP contribution in [0.25, 0.3) is 0 Å². The van der Waals surface area contributed by atoms with E-state index in [4.69, 9.17) is 4.74 Å². The van der Waals surface area contributed by atoms with Crippen molar-refractivity contribution >= 4 is 22.6 Å². The van der Waals surface area contributed by atoms with Crippen molar-refractivity contribution < 1.29 is 4.74 Å². The molecule has 0 unspecified atom stereocenters. The summed E-state index contributed by atoms with van der Waals surface area (Å²) in [5.41, 5.74) is 1.01. The summed E-state index contributed by atoms with van der Waals surface area (Å²) >= 11 is 2.28. The molecule has 0 aromatic heterocycles. The molecule has 0 fully saturated rings. The van der Waals surface area contributed by atoms with Gasteiger partial charge in [-0.25, -0.2) is 0 Å². The van der Waals surface area contributed by atoms with Crippen LogP contribution in [0.1, 0.15) is 25.3 Å². The molecule has 0 saturated carbocycles. The third kappa shape index (κ3) is 3.55. The van der Waals surface area contributed by atoms with Gasteiger partial charge in [0.2, 0.25) is 0 Å². The first-order chi connectivity index (χ1) is 6.24. The Morgan fingerprint density at radius 2 is 2.23 bits per heavy atom. The van der Waals surface area contributed by atoms with Crippen LogP contribution in [-0.2, 0) is 0 Å². The van der Waals surface area contributed by atoms with Gasteiger partial charge in [-0.05, 0) is 53.6 Å². The Kier molecular flexibility index (Phi) is 4.56. The molecule has 1 rings (SSSR count). The molecule has 0 bridgehead atoms. The topological polar surface area (TPSA) is 9.23 Å². The predicted octanol–water partition coefficient (Wildman–Crippen LogP) is 3.65. The van der Waals surface area contributed by atoms with E-state index in [0.717, 1.165) is 27.9 Å². The third-order valence-corrected chi connectivity index (χ3v) is 2.64. The molecule has 0 spiro atoms. The highest BCUT2D eigenvalue weighted by molar-refractivity contribution is 14.1. The number of ether oxygens (including phenoxy) is 1. The summed E-state index contributed by atoms with van der Waals surface area (Å²) in [7, 11) is 0. The fraction of sp³-hybridized carbons (Fsp3) is 0.364. The van der Waals surface area contributed by atoms with E-state index >= 15 is 0 Å². The summed E-state index contributed by atoms with van der Waals surface area (Å²) in [4.78, 5) is 0. The molecule has 1 nitrogen and oxygen atoms in total. The van der Waals surface area contributed by atoms with Crippen molar-refractivity contribution in [3.05, 3.63) is 34.3 Å². The summed E-state index contributed by atoms with van der Waals surface area (Å²) in [5, 5.41) is 0. The fourth-order valence-corrected chi connectivity index (χ4v) is 1.48. The Labute approximate surface area is 93.6 Å². The predicted molar refractivity (Wildman–Crippen MR) is 64.0 cm³/mol. The minimum Gasteiger partial charge on any atom is -0.492 e. The molecule has 1 radical (unpaired) electrons. The molecule has 0 aliphatic heterocycles. The van der Waals surface area contributed by atoms with Crippen molar-refractivity contribution in [2.24, 2.45) is 0 Å². The standard InChI is InChI=1S/C11H14IO/c1-3-4-7-13-11-8-9(2)5-6-10(11)12/h5-6,8H,2-4,7H2,1H3. The minimum atomic E-state index is 0.802. The van der Waals surface area contributed by atoms with Gasteiger partial charge in [0.15, 0.2) is 0 Å². The number of halogens is 1. The molecule has 1 aromatic rings. The summed E-state index contributed by atoms with van der Waals surface area (Å²) in [6.07, 6.45) is 2.28. The minimum absolute atomic E-state index is 0.802. The maximum absolute atomic E-state index is 5.61. The molecule has 0 heterocycles. The first-order valence-corrected chi connectivity index (χ1v) is 5.56. The Bertz CT molecular complexity index is 271. The maximum atomic E-state index is 5.61. The van der Waals surface area contributed by atoms with Gasteiger partial charge in [-0.1, -0.05) is 19.4 Å². The first kappa shape index (κ1) is 10.8. The van der Waals surface area contributed by atoms with E-state index in [1.807, 2.05) is 18.2 Å². The second-order valence-electron chi connectivity index (χ2n) is 2.97. The van der Waals surface area contributed by atoms with E-state index in [-0.39, 0.29) is 0 Å². The highest BCUT2D eigenvalue weighted by Gasteiger charge is 1.99. The Balaban J connectivity index is 2.59. The van der Waals surface area contributed by atoms with Crippen LogP contribution in [0.2, 0.25) is 0 Å². The molecule has 0 N–H and O–H groups in total. The molecule has 71 valence electrons. The lowest BCUT2D eigenvalue weighted by Gasteiger charge is -2.07. The highest BCUT2D eigenvalue weighted by Crippen LogP contribution is 2.22. The normalized spacial score (nSPS) is 10.1. The van der Waals surface area contributed by atoms with Crippen LogP contribution < -0.4 is 4.74 Å². The van der Waals surface area contributed by atoms with Crippen molar-refractivity contribution in [1.29, 1.82) is 0 Å². The molecular formula is C11H14IO. The second-order valence-corrected chi connectivity index (χ2v) is 4.13. The molecule has 1 aromatic carbocycles. The van der Waals surface area contributed by atoms with E-state index < -0.39 is 0 Å². The van der Waals surface area contributed by atoms with Gasteiger partial charge in [-0.15, -0.1) is 0 Å². The van der Waals surface area contributed by atoms with Gasteiger partial charge in [0.25, 0.3) is 0 Å². The van der Waals surface area contributed by atoms with E-state index in [1.165, 1.54) is 6.42 Å². The second kappa shape index (κ2) is 5.47. The lowest BCUT2D eigenvalue weighted by Crippen LogP contribution is -1.98. The van der Waals surface area contributed by atoms with Gasteiger partial charge in [0, 0.05) is 0 Å². The molecule has 0 aliphatic rings. The Morgan fingerprint density at radius 1 is 1.46 bits per heavy atom. The molecule has 13 heavy (non-hydrogen) atoms. The van der Waals surface area contributed by atoms with E-state index in [1.54, 1.807) is 0 Å². The maximum Gasteiger partial charge on any atom is 0.132 e. The van der Waals surface area contributed by atoms with Gasteiger partial charge < -0.3 is 4.74 Å². The zero-order chi connectivity index (χ0) is 9.68. The van der Waals surface area contributed by atoms with Crippen LogP contribution in [0.4, 0.5) is 0 Å². The number of rotatable bonds is 4. The quantitative estimate of drug-likeness (QED) is 0.607. The van der Waals surface area contributed by atoms with Crippen molar-refractivity contribution in [2.45, 2.75) is 19.8 Å². The van der Waals surface area contributed by atoms with Gasteiger partial charge in [0.1, 0.15) is 5.75 Å². The molecular weight excluding hydrogens is 275 g/mol. The smallest absolute Gasteiger partial charge is 0.132 e. The molecule has 2 heteroatoms. The van der Waals surface area contributed by atoms with Gasteiger partial charge in [0.05, 0.1) is 10.2 Å².